The molecule has 1 N–H and O–H groups in total. The number of halogens is 2. The van der Waals surface area contributed by atoms with Crippen LogP contribution in [0.5, 0.6) is 5.75 Å². The minimum atomic E-state index is -0.655. The van der Waals surface area contributed by atoms with Gasteiger partial charge in [0.1, 0.15) is 11.9 Å². The molecule has 0 aliphatic carbocycles. The summed E-state index contributed by atoms with van der Waals surface area (Å²) >= 11 is 0. The van der Waals surface area contributed by atoms with Crippen molar-refractivity contribution in [1.82, 2.24) is 9.55 Å². The molecule has 2 heterocycles. The lowest BCUT2D eigenvalue weighted by Crippen LogP contribution is -1.97. The van der Waals surface area contributed by atoms with Gasteiger partial charge in [0.05, 0.1) is 36.7 Å². The second-order valence-corrected chi connectivity index (χ2v) is 6.79. The van der Waals surface area contributed by atoms with Crippen LogP contribution in [0.3, 0.4) is 0 Å². The number of rotatable bonds is 4. The molecule has 2 aromatic heterocycles. The molecule has 0 amide bonds. The van der Waals surface area contributed by atoms with E-state index in [1.54, 1.807) is 36.0 Å². The van der Waals surface area contributed by atoms with E-state index in [1.807, 2.05) is 6.07 Å². The second kappa shape index (κ2) is 7.58. The molecule has 0 spiro atoms. The number of pyridine rings is 1. The second-order valence-electron chi connectivity index (χ2n) is 6.79. The maximum Gasteiger partial charge on any atom is 0.165 e. The Kier molecular flexibility index (Phi) is 4.94. The van der Waals surface area contributed by atoms with Crippen LogP contribution < -0.4 is 4.74 Å². The third-order valence-corrected chi connectivity index (χ3v) is 5.17. The molecule has 0 unspecified atom stereocenters. The van der Waals surface area contributed by atoms with E-state index in [1.165, 1.54) is 31.4 Å². The highest BCUT2D eigenvalue weighted by molar-refractivity contribution is 6.02. The largest absolute Gasteiger partial charge is 0.494 e. The summed E-state index contributed by atoms with van der Waals surface area (Å²) in [5, 5.41) is 19.5. The first-order valence-corrected chi connectivity index (χ1v) is 9.10. The van der Waals surface area contributed by atoms with Crippen LogP contribution in [-0.4, -0.2) is 21.8 Å². The molecule has 30 heavy (non-hydrogen) atoms. The van der Waals surface area contributed by atoms with E-state index >= 15 is 0 Å². The van der Waals surface area contributed by atoms with Crippen molar-refractivity contribution in [3.63, 3.8) is 0 Å². The molecule has 0 atom stereocenters. The number of aliphatic hydroxyl groups excluding tert-OH is 1. The molecule has 5 nitrogen and oxygen atoms in total. The third kappa shape index (κ3) is 3.08. The van der Waals surface area contributed by atoms with Crippen LogP contribution in [0.25, 0.3) is 33.3 Å². The molecule has 150 valence electrons. The van der Waals surface area contributed by atoms with E-state index in [2.05, 4.69) is 4.98 Å². The van der Waals surface area contributed by atoms with Crippen molar-refractivity contribution in [2.75, 3.05) is 7.11 Å². The Hall–Kier alpha value is -3.76. The van der Waals surface area contributed by atoms with Crippen molar-refractivity contribution in [2.24, 2.45) is 7.05 Å². The molecule has 0 aliphatic rings. The standard InChI is InChI=1S/C23H17F2N3O2/c1-28-16(12-29)9-17-20(28)11-27-23(14-5-6-21(30-2)19(25)8-14)22(17)13-3-4-15(10-26)18(24)7-13/h3-9,11,29H,12H2,1-2H3. The van der Waals surface area contributed by atoms with E-state index in [-0.39, 0.29) is 17.9 Å². The Bertz CT molecular complexity index is 1320. The van der Waals surface area contributed by atoms with Gasteiger partial charge in [-0.05, 0) is 42.0 Å². The van der Waals surface area contributed by atoms with Gasteiger partial charge in [0.2, 0.25) is 0 Å². The van der Waals surface area contributed by atoms with E-state index in [0.29, 0.717) is 28.1 Å². The van der Waals surface area contributed by atoms with Gasteiger partial charge in [-0.15, -0.1) is 0 Å². The predicted octanol–water partition coefficient (Wildman–Crippen LogP) is 4.56. The van der Waals surface area contributed by atoms with Gasteiger partial charge < -0.3 is 14.4 Å². The molecule has 0 aliphatic heterocycles. The van der Waals surface area contributed by atoms with E-state index in [9.17, 15) is 13.9 Å². The normalized spacial score (nSPS) is 10.9. The topological polar surface area (TPSA) is 71.1 Å². The van der Waals surface area contributed by atoms with Crippen LogP contribution in [0, 0.1) is 23.0 Å². The van der Waals surface area contributed by atoms with Crippen LogP contribution in [0.2, 0.25) is 0 Å². The number of methoxy groups -OCH3 is 1. The number of aryl methyl sites for hydroxylation is 1. The highest BCUT2D eigenvalue weighted by Gasteiger charge is 2.19. The smallest absolute Gasteiger partial charge is 0.165 e. The number of hydrogen-bond acceptors (Lipinski definition) is 4. The molecule has 0 saturated heterocycles. The lowest BCUT2D eigenvalue weighted by atomic mass is 9.95. The molecule has 4 rings (SSSR count). The van der Waals surface area contributed by atoms with Crippen LogP contribution in [0.4, 0.5) is 8.78 Å². The van der Waals surface area contributed by atoms with Gasteiger partial charge in [-0.25, -0.2) is 8.78 Å². The quantitative estimate of drug-likeness (QED) is 0.540. The fourth-order valence-electron chi connectivity index (χ4n) is 3.58. The summed E-state index contributed by atoms with van der Waals surface area (Å²) in [6.45, 7) is -0.182. The Balaban J connectivity index is 2.06. The molecule has 0 fully saturated rings. The highest BCUT2D eigenvalue weighted by atomic mass is 19.1. The summed E-state index contributed by atoms with van der Waals surface area (Å²) in [5.41, 5.74) is 3.33. The predicted molar refractivity (Wildman–Crippen MR) is 109 cm³/mol. The van der Waals surface area contributed by atoms with Crippen LogP contribution >= 0.6 is 0 Å². The van der Waals surface area contributed by atoms with Gasteiger partial charge in [-0.1, -0.05) is 6.07 Å². The average Bonchev–Trinajstić information content (AvgIpc) is 3.08. The number of benzene rings is 2. The summed E-state index contributed by atoms with van der Waals surface area (Å²) in [5.74, 6) is -1.09. The lowest BCUT2D eigenvalue weighted by molar-refractivity contribution is 0.273. The maximum atomic E-state index is 14.4. The van der Waals surface area contributed by atoms with Crippen LogP contribution in [-0.2, 0) is 13.7 Å². The first-order valence-electron chi connectivity index (χ1n) is 9.10. The SMILES string of the molecule is COc1ccc(-c2ncc3c(cc(CO)n3C)c2-c2ccc(C#N)c(F)c2)cc1F. The number of ether oxygens (including phenoxy) is 1. The summed E-state index contributed by atoms with van der Waals surface area (Å²) in [4.78, 5) is 4.53. The lowest BCUT2D eigenvalue weighted by Gasteiger charge is -2.13. The van der Waals surface area contributed by atoms with Crippen LogP contribution in [0.15, 0.2) is 48.7 Å². The number of aliphatic hydroxyl groups is 1. The van der Waals surface area contributed by atoms with Crippen molar-refractivity contribution in [1.29, 1.82) is 5.26 Å². The number of nitriles is 1. The zero-order valence-electron chi connectivity index (χ0n) is 16.3. The number of fused-ring (bicyclic) bond motifs is 1. The van der Waals surface area contributed by atoms with Gasteiger partial charge in [0.15, 0.2) is 11.6 Å². The minimum Gasteiger partial charge on any atom is -0.494 e. The Morgan fingerprint density at radius 3 is 2.47 bits per heavy atom. The first-order chi connectivity index (χ1) is 14.5. The number of nitrogens with zero attached hydrogens (tertiary/aromatic N) is 3. The van der Waals surface area contributed by atoms with E-state index < -0.39 is 11.6 Å². The van der Waals surface area contributed by atoms with Gasteiger partial charge in [0, 0.05) is 29.3 Å². The molecular weight excluding hydrogens is 388 g/mol. The fraction of sp³-hybridized carbons (Fsp3) is 0.130. The van der Waals surface area contributed by atoms with Crippen molar-refractivity contribution in [2.45, 2.75) is 6.61 Å². The number of aromatic nitrogens is 2. The monoisotopic (exact) mass is 405 g/mol. The average molecular weight is 405 g/mol. The van der Waals surface area contributed by atoms with Crippen molar-refractivity contribution in [3.8, 4) is 34.2 Å². The van der Waals surface area contributed by atoms with Crippen molar-refractivity contribution < 1.29 is 18.6 Å². The summed E-state index contributed by atoms with van der Waals surface area (Å²) in [6, 6.07) is 12.4. The Labute approximate surface area is 171 Å². The van der Waals surface area contributed by atoms with Crippen molar-refractivity contribution in [3.05, 3.63) is 71.6 Å². The minimum absolute atomic E-state index is 0.0694. The number of hydrogen-bond donors (Lipinski definition) is 1. The molecular formula is C23H17F2N3O2. The Morgan fingerprint density at radius 1 is 1.10 bits per heavy atom. The van der Waals surface area contributed by atoms with Gasteiger partial charge in [-0.2, -0.15) is 5.26 Å². The van der Waals surface area contributed by atoms with Crippen molar-refractivity contribution >= 4 is 10.9 Å². The van der Waals surface area contributed by atoms with Gasteiger partial charge in [-0.3, -0.25) is 4.98 Å². The first kappa shape index (κ1) is 19.6. The molecule has 0 bridgehead atoms. The molecule has 0 saturated carbocycles. The summed E-state index contributed by atoms with van der Waals surface area (Å²) in [7, 11) is 3.18. The molecule has 0 radical (unpaired) electrons. The Morgan fingerprint density at radius 2 is 1.83 bits per heavy atom. The van der Waals surface area contributed by atoms with Crippen LogP contribution in [0.1, 0.15) is 11.3 Å². The molecule has 2 aromatic carbocycles. The fourth-order valence-corrected chi connectivity index (χ4v) is 3.58. The van der Waals surface area contributed by atoms with E-state index in [4.69, 9.17) is 10.00 Å². The highest BCUT2D eigenvalue weighted by Crippen LogP contribution is 2.39. The summed E-state index contributed by atoms with van der Waals surface area (Å²) in [6.07, 6.45) is 1.63. The zero-order valence-corrected chi connectivity index (χ0v) is 16.3. The zero-order chi connectivity index (χ0) is 21.4. The van der Waals surface area contributed by atoms with E-state index in [0.717, 1.165) is 10.9 Å². The summed E-state index contributed by atoms with van der Waals surface area (Å²) < 4.78 is 35.6. The molecule has 4 aromatic rings. The van der Waals surface area contributed by atoms with Gasteiger partial charge >= 0.3 is 0 Å². The third-order valence-electron chi connectivity index (χ3n) is 5.17. The molecule has 7 heteroatoms. The maximum absolute atomic E-state index is 14.4. The van der Waals surface area contributed by atoms with Gasteiger partial charge in [0.25, 0.3) is 0 Å².